The van der Waals surface area contributed by atoms with Gasteiger partial charge in [0, 0.05) is 11.8 Å². The Morgan fingerprint density at radius 2 is 1.93 bits per heavy atom. The number of hydrogen-bond donors (Lipinski definition) is 0. The fraction of sp³-hybridized carbons (Fsp3) is 0.542. The van der Waals surface area contributed by atoms with E-state index in [0.717, 1.165) is 30.6 Å². The van der Waals surface area contributed by atoms with Gasteiger partial charge in [-0.15, -0.1) is 0 Å². The summed E-state index contributed by atoms with van der Waals surface area (Å²) in [5.74, 6) is 2.32. The maximum Gasteiger partial charge on any atom is 0.310 e. The molecule has 2 fully saturated rings. The number of carbonyl (C=O) groups is 1. The van der Waals surface area contributed by atoms with E-state index in [1.165, 1.54) is 6.42 Å². The van der Waals surface area contributed by atoms with Gasteiger partial charge in [-0.05, 0) is 48.8 Å². The van der Waals surface area contributed by atoms with Crippen LogP contribution in [-0.4, -0.2) is 5.97 Å². The van der Waals surface area contributed by atoms with Gasteiger partial charge < -0.3 is 9.15 Å². The van der Waals surface area contributed by atoms with Gasteiger partial charge >= 0.3 is 5.97 Å². The van der Waals surface area contributed by atoms with Gasteiger partial charge in [-0.2, -0.15) is 0 Å². The van der Waals surface area contributed by atoms with Crippen LogP contribution >= 0.6 is 0 Å². The van der Waals surface area contributed by atoms with Crippen molar-refractivity contribution in [3.05, 3.63) is 60.1 Å². The largest absolute Gasteiger partial charge is 0.469 e. The molecule has 0 saturated heterocycles. The molecule has 0 bridgehead atoms. The van der Waals surface area contributed by atoms with Crippen LogP contribution in [0.3, 0.4) is 0 Å². The Morgan fingerprint density at radius 3 is 2.59 bits per heavy atom. The second kappa shape index (κ2) is 7.18. The monoisotopic (exact) mass is 366 g/mol. The average Bonchev–Trinajstić information content (AvgIpc) is 3.27. The molecule has 0 radical (unpaired) electrons. The first-order valence-electron chi connectivity index (χ1n) is 10.3. The zero-order chi connectivity index (χ0) is 19.0. The van der Waals surface area contributed by atoms with Crippen LogP contribution in [0.4, 0.5) is 0 Å². The summed E-state index contributed by atoms with van der Waals surface area (Å²) in [4.78, 5) is 13.2. The molecule has 1 aromatic heterocycles. The third-order valence-corrected chi connectivity index (χ3v) is 6.57. The van der Waals surface area contributed by atoms with Crippen LogP contribution in [0.25, 0.3) is 0 Å². The molecule has 1 aromatic carbocycles. The molecule has 0 unspecified atom stereocenters. The van der Waals surface area contributed by atoms with E-state index in [4.69, 9.17) is 9.15 Å². The number of benzene rings is 1. The van der Waals surface area contributed by atoms with E-state index in [-0.39, 0.29) is 17.8 Å². The molecule has 3 heteroatoms. The third kappa shape index (κ3) is 3.44. The van der Waals surface area contributed by atoms with Crippen molar-refractivity contribution < 1.29 is 13.9 Å². The van der Waals surface area contributed by atoms with Crippen LogP contribution in [0.5, 0.6) is 0 Å². The molecule has 1 heterocycles. The highest BCUT2D eigenvalue weighted by atomic mass is 16.6. The van der Waals surface area contributed by atoms with Crippen molar-refractivity contribution in [1.82, 2.24) is 0 Å². The summed E-state index contributed by atoms with van der Waals surface area (Å²) in [6.45, 7) is 6.80. The highest BCUT2D eigenvalue weighted by Crippen LogP contribution is 2.53. The Morgan fingerprint density at radius 1 is 1.15 bits per heavy atom. The second-order valence-corrected chi connectivity index (χ2v) is 8.88. The van der Waals surface area contributed by atoms with Crippen LogP contribution in [0, 0.1) is 23.7 Å². The number of hydrogen-bond acceptors (Lipinski definition) is 3. The molecule has 0 N–H and O–H groups in total. The van der Waals surface area contributed by atoms with Gasteiger partial charge in [0.15, 0.2) is 0 Å². The van der Waals surface area contributed by atoms with E-state index in [9.17, 15) is 4.79 Å². The lowest BCUT2D eigenvalue weighted by Crippen LogP contribution is -2.47. The fourth-order valence-electron chi connectivity index (χ4n) is 5.10. The summed E-state index contributed by atoms with van der Waals surface area (Å²) in [5, 5.41) is 0. The second-order valence-electron chi connectivity index (χ2n) is 8.88. The van der Waals surface area contributed by atoms with E-state index in [0.29, 0.717) is 17.8 Å². The summed E-state index contributed by atoms with van der Waals surface area (Å²) in [5.41, 5.74) is 0.638. The van der Waals surface area contributed by atoms with Crippen molar-refractivity contribution in [3.63, 3.8) is 0 Å². The topological polar surface area (TPSA) is 39.4 Å². The van der Waals surface area contributed by atoms with E-state index in [2.05, 4.69) is 45.0 Å². The minimum Gasteiger partial charge on any atom is -0.469 e. The predicted molar refractivity (Wildman–Crippen MR) is 105 cm³/mol. The van der Waals surface area contributed by atoms with Gasteiger partial charge in [-0.1, -0.05) is 57.5 Å². The molecule has 4 rings (SSSR count). The minimum atomic E-state index is -0.513. The predicted octanol–water partition coefficient (Wildman–Crippen LogP) is 5.91. The van der Waals surface area contributed by atoms with Crippen LogP contribution in [0.15, 0.2) is 53.1 Å². The van der Waals surface area contributed by atoms with Gasteiger partial charge in [0.2, 0.25) is 0 Å². The third-order valence-electron chi connectivity index (χ3n) is 6.57. The Balaban J connectivity index is 1.63. The molecule has 27 heavy (non-hydrogen) atoms. The fourth-order valence-corrected chi connectivity index (χ4v) is 5.10. The zero-order valence-corrected chi connectivity index (χ0v) is 16.6. The van der Waals surface area contributed by atoms with Crippen molar-refractivity contribution in [2.45, 2.75) is 58.0 Å². The normalized spacial score (nSPS) is 33.0. The summed E-state index contributed by atoms with van der Waals surface area (Å²) >= 11 is 0. The first-order valence-corrected chi connectivity index (χ1v) is 10.3. The van der Waals surface area contributed by atoms with Crippen LogP contribution in [0.2, 0.25) is 0 Å². The number of furan rings is 1. The van der Waals surface area contributed by atoms with Crippen LogP contribution < -0.4 is 0 Å². The molecule has 3 nitrogen and oxygen atoms in total. The van der Waals surface area contributed by atoms with Crippen molar-refractivity contribution in [2.75, 3.05) is 0 Å². The van der Waals surface area contributed by atoms with Crippen LogP contribution in [-0.2, 0) is 15.1 Å². The SMILES string of the molecule is CC(C)[C@@H]1CC[C@@H](C)C[C@]1(OC(=O)[C@H]1C[C@@H]1c1ccco1)c1ccccc1. The molecule has 2 aliphatic carbocycles. The lowest BCUT2D eigenvalue weighted by Gasteiger charge is -2.48. The van der Waals surface area contributed by atoms with E-state index >= 15 is 0 Å². The van der Waals surface area contributed by atoms with Crippen molar-refractivity contribution in [1.29, 1.82) is 0 Å². The minimum absolute atomic E-state index is 0.0556. The van der Waals surface area contributed by atoms with Gasteiger partial charge in [0.1, 0.15) is 11.4 Å². The first kappa shape index (κ1) is 18.3. The van der Waals surface area contributed by atoms with Crippen molar-refractivity contribution in [2.24, 2.45) is 23.7 Å². The van der Waals surface area contributed by atoms with E-state index in [1.54, 1.807) is 6.26 Å². The summed E-state index contributed by atoms with van der Waals surface area (Å²) in [7, 11) is 0. The maximum atomic E-state index is 13.2. The summed E-state index contributed by atoms with van der Waals surface area (Å²) in [6.07, 6.45) is 5.72. The van der Waals surface area contributed by atoms with Gasteiger partial charge in [-0.3, -0.25) is 4.79 Å². The average molecular weight is 367 g/mol. The molecule has 2 aliphatic rings. The Kier molecular flexibility index (Phi) is 4.88. The molecule has 144 valence electrons. The highest BCUT2D eigenvalue weighted by molar-refractivity contribution is 5.77. The molecule has 0 aliphatic heterocycles. The lowest BCUT2D eigenvalue weighted by molar-refractivity contribution is -0.181. The van der Waals surface area contributed by atoms with Crippen molar-refractivity contribution in [3.8, 4) is 0 Å². The quantitative estimate of drug-likeness (QED) is 0.617. The van der Waals surface area contributed by atoms with E-state index < -0.39 is 5.60 Å². The standard InChI is InChI=1S/C24H30O3/c1-16(2)21-12-11-17(3)15-24(21,18-8-5-4-6-9-18)27-23(25)20-14-19(20)22-10-7-13-26-22/h4-10,13,16-17,19-21H,11-12,14-15H2,1-3H3/t17-,19+,20+,21+,24+/m1/s1. The number of esters is 1. The molecule has 0 spiro atoms. The first-order chi connectivity index (χ1) is 13.0. The molecule has 5 atom stereocenters. The molecular weight excluding hydrogens is 336 g/mol. The maximum absolute atomic E-state index is 13.2. The summed E-state index contributed by atoms with van der Waals surface area (Å²) < 4.78 is 12.0. The van der Waals surface area contributed by atoms with Gasteiger partial charge in [0.05, 0.1) is 12.2 Å². The Bertz CT molecular complexity index is 764. The zero-order valence-electron chi connectivity index (χ0n) is 16.6. The van der Waals surface area contributed by atoms with Gasteiger partial charge in [0.25, 0.3) is 0 Å². The van der Waals surface area contributed by atoms with Gasteiger partial charge in [-0.25, -0.2) is 0 Å². The number of rotatable bonds is 5. The number of ether oxygens (including phenoxy) is 1. The Hall–Kier alpha value is -2.03. The lowest BCUT2D eigenvalue weighted by atomic mass is 9.64. The molecule has 2 aromatic rings. The van der Waals surface area contributed by atoms with Crippen molar-refractivity contribution >= 4 is 5.97 Å². The summed E-state index contributed by atoms with van der Waals surface area (Å²) in [6, 6.07) is 14.3. The smallest absolute Gasteiger partial charge is 0.310 e. The highest BCUT2D eigenvalue weighted by Gasteiger charge is 2.53. The van der Waals surface area contributed by atoms with Crippen LogP contribution in [0.1, 0.15) is 63.7 Å². The number of carbonyl (C=O) groups excluding carboxylic acids is 1. The van der Waals surface area contributed by atoms with E-state index in [1.807, 2.05) is 18.2 Å². The molecular formula is C24H30O3. The Labute approximate surface area is 162 Å². The molecule has 0 amide bonds. The molecule has 2 saturated carbocycles.